The van der Waals surface area contributed by atoms with Gasteiger partial charge in [-0.2, -0.15) is 0 Å². The molecule has 0 atom stereocenters. The summed E-state index contributed by atoms with van der Waals surface area (Å²) >= 11 is 0. The Morgan fingerprint density at radius 3 is 2.62 bits per heavy atom. The fraction of sp³-hybridized carbons (Fsp3) is 0.278. The Bertz CT molecular complexity index is 688. The number of rotatable bonds is 4. The second-order valence-corrected chi connectivity index (χ2v) is 5.59. The predicted octanol–water partition coefficient (Wildman–Crippen LogP) is 2.98. The van der Waals surface area contributed by atoms with Gasteiger partial charge in [-0.05, 0) is 23.8 Å². The van der Waals surface area contributed by atoms with E-state index >= 15 is 0 Å². The van der Waals surface area contributed by atoms with Crippen LogP contribution in [0.25, 0.3) is 0 Å². The zero-order valence-corrected chi connectivity index (χ0v) is 13.3. The van der Waals surface area contributed by atoms with Gasteiger partial charge in [0.05, 0.1) is 5.69 Å². The van der Waals surface area contributed by atoms with Crippen molar-refractivity contribution in [2.75, 3.05) is 36.4 Å². The molecule has 0 aromatic heterocycles. The van der Waals surface area contributed by atoms with E-state index in [2.05, 4.69) is 10.6 Å². The topological polar surface area (TPSA) is 53.6 Å². The summed E-state index contributed by atoms with van der Waals surface area (Å²) in [4.78, 5) is 13.8. The van der Waals surface area contributed by atoms with Gasteiger partial charge in [-0.25, -0.2) is 9.18 Å². The first-order chi connectivity index (χ1) is 11.7. The Balaban J connectivity index is 1.57. The van der Waals surface area contributed by atoms with Crippen LogP contribution in [0.2, 0.25) is 0 Å². The summed E-state index contributed by atoms with van der Waals surface area (Å²) in [5.74, 6) is -0.349. The van der Waals surface area contributed by atoms with Crippen LogP contribution in [0.3, 0.4) is 0 Å². The molecule has 1 aliphatic rings. The number of piperazine rings is 1. The summed E-state index contributed by atoms with van der Waals surface area (Å²) < 4.78 is 19.4. The van der Waals surface area contributed by atoms with Crippen LogP contribution in [0.5, 0.6) is 0 Å². The first-order valence-electron chi connectivity index (χ1n) is 7.95. The number of nitrogens with zero attached hydrogens (tertiary/aromatic N) is 1. The van der Waals surface area contributed by atoms with Gasteiger partial charge in [-0.15, -0.1) is 0 Å². The summed E-state index contributed by atoms with van der Waals surface area (Å²) in [6, 6.07) is 14.1. The molecule has 1 amide bonds. The molecule has 0 aliphatic carbocycles. The molecule has 5 nitrogen and oxygen atoms in total. The molecule has 0 spiro atoms. The second-order valence-electron chi connectivity index (χ2n) is 5.59. The Labute approximate surface area is 140 Å². The van der Waals surface area contributed by atoms with Crippen LogP contribution in [0.1, 0.15) is 5.56 Å². The molecule has 1 fully saturated rings. The van der Waals surface area contributed by atoms with Crippen molar-refractivity contribution in [3.8, 4) is 0 Å². The second kappa shape index (κ2) is 7.79. The van der Waals surface area contributed by atoms with Crippen LogP contribution in [-0.2, 0) is 11.3 Å². The molecule has 3 rings (SSSR count). The summed E-state index contributed by atoms with van der Waals surface area (Å²) in [5.41, 5.74) is 1.83. The Kier molecular flexibility index (Phi) is 5.28. The Morgan fingerprint density at radius 1 is 1.17 bits per heavy atom. The first kappa shape index (κ1) is 16.3. The van der Waals surface area contributed by atoms with Gasteiger partial charge in [0, 0.05) is 31.9 Å². The summed E-state index contributed by atoms with van der Waals surface area (Å²) in [5, 5.41) is 5.78. The average molecular weight is 329 g/mol. The molecule has 2 aromatic rings. The molecule has 0 radical (unpaired) electrons. The molecule has 2 N–H and O–H groups in total. The molecule has 1 heterocycles. The summed E-state index contributed by atoms with van der Waals surface area (Å²) in [6.07, 6.45) is -0.604. The van der Waals surface area contributed by atoms with Gasteiger partial charge in [0.2, 0.25) is 0 Å². The van der Waals surface area contributed by atoms with E-state index in [1.54, 1.807) is 12.1 Å². The van der Waals surface area contributed by atoms with E-state index in [9.17, 15) is 9.18 Å². The number of carbonyl (C=O) groups excluding carboxylic acids is 1. The van der Waals surface area contributed by atoms with Crippen molar-refractivity contribution in [2.24, 2.45) is 0 Å². The quantitative estimate of drug-likeness (QED) is 0.905. The van der Waals surface area contributed by atoms with E-state index in [0.717, 1.165) is 31.7 Å². The van der Waals surface area contributed by atoms with Crippen molar-refractivity contribution < 1.29 is 13.9 Å². The highest BCUT2D eigenvalue weighted by Gasteiger charge is 2.15. The minimum Gasteiger partial charge on any atom is -0.444 e. The zero-order chi connectivity index (χ0) is 16.8. The van der Waals surface area contributed by atoms with E-state index in [-0.39, 0.29) is 12.4 Å². The van der Waals surface area contributed by atoms with Crippen LogP contribution in [0, 0.1) is 5.82 Å². The monoisotopic (exact) mass is 329 g/mol. The van der Waals surface area contributed by atoms with Crippen LogP contribution in [-0.4, -0.2) is 32.3 Å². The number of hydrogen-bond donors (Lipinski definition) is 2. The van der Waals surface area contributed by atoms with E-state index in [1.165, 1.54) is 6.07 Å². The molecule has 1 saturated heterocycles. The largest absolute Gasteiger partial charge is 0.444 e. The normalized spacial score (nSPS) is 14.3. The van der Waals surface area contributed by atoms with Crippen LogP contribution >= 0.6 is 0 Å². The number of carbonyl (C=O) groups is 1. The lowest BCUT2D eigenvalue weighted by atomic mass is 10.2. The molecule has 24 heavy (non-hydrogen) atoms. The van der Waals surface area contributed by atoms with E-state index in [1.807, 2.05) is 35.2 Å². The number of anilines is 2. The smallest absolute Gasteiger partial charge is 0.411 e. The van der Waals surface area contributed by atoms with Gasteiger partial charge in [-0.1, -0.05) is 30.3 Å². The predicted molar refractivity (Wildman–Crippen MR) is 91.7 cm³/mol. The van der Waals surface area contributed by atoms with Crippen molar-refractivity contribution in [1.82, 2.24) is 5.32 Å². The van der Waals surface area contributed by atoms with Crippen LogP contribution in [0.4, 0.5) is 20.6 Å². The molecule has 0 saturated carbocycles. The van der Waals surface area contributed by atoms with Crippen molar-refractivity contribution in [3.05, 3.63) is 59.9 Å². The average Bonchev–Trinajstić information content (AvgIpc) is 2.62. The molecule has 1 aliphatic heterocycles. The fourth-order valence-corrected chi connectivity index (χ4v) is 2.62. The van der Waals surface area contributed by atoms with Gasteiger partial charge in [-0.3, -0.25) is 5.32 Å². The number of benzene rings is 2. The summed E-state index contributed by atoms with van der Waals surface area (Å²) in [6.45, 7) is 3.39. The number of amides is 1. The van der Waals surface area contributed by atoms with Crippen molar-refractivity contribution in [3.63, 3.8) is 0 Å². The number of nitrogens with one attached hydrogen (secondary N) is 2. The van der Waals surface area contributed by atoms with Gasteiger partial charge in [0.25, 0.3) is 0 Å². The molecule has 0 bridgehead atoms. The molecule has 2 aromatic carbocycles. The number of halogens is 1. The third-order valence-electron chi connectivity index (χ3n) is 3.86. The van der Waals surface area contributed by atoms with Crippen molar-refractivity contribution in [2.45, 2.75) is 6.61 Å². The molecule has 6 heteroatoms. The number of hydrogen-bond acceptors (Lipinski definition) is 4. The third-order valence-corrected chi connectivity index (χ3v) is 3.86. The van der Waals surface area contributed by atoms with E-state index < -0.39 is 6.09 Å². The van der Waals surface area contributed by atoms with Gasteiger partial charge in [0.1, 0.15) is 12.4 Å². The molecular formula is C18H20FN3O2. The fourth-order valence-electron chi connectivity index (χ4n) is 2.62. The standard InChI is InChI=1S/C18H20FN3O2/c19-16-12-15(6-7-17(16)22-10-8-20-9-11-22)21-18(23)24-13-14-4-2-1-3-5-14/h1-7,12,20H,8-11,13H2,(H,21,23). The third kappa shape index (κ3) is 4.23. The lowest BCUT2D eigenvalue weighted by Gasteiger charge is -2.29. The highest BCUT2D eigenvalue weighted by Crippen LogP contribution is 2.23. The van der Waals surface area contributed by atoms with Crippen LogP contribution < -0.4 is 15.5 Å². The van der Waals surface area contributed by atoms with Crippen molar-refractivity contribution in [1.29, 1.82) is 0 Å². The first-order valence-corrected chi connectivity index (χ1v) is 7.95. The number of ether oxygens (including phenoxy) is 1. The van der Waals surface area contributed by atoms with Gasteiger partial charge in [0.15, 0.2) is 0 Å². The summed E-state index contributed by atoms with van der Waals surface area (Å²) in [7, 11) is 0. The van der Waals surface area contributed by atoms with Gasteiger partial charge >= 0.3 is 6.09 Å². The van der Waals surface area contributed by atoms with E-state index in [4.69, 9.17) is 4.74 Å². The highest BCUT2D eigenvalue weighted by molar-refractivity contribution is 5.85. The zero-order valence-electron chi connectivity index (χ0n) is 13.3. The minimum atomic E-state index is -0.604. The maximum atomic E-state index is 14.3. The van der Waals surface area contributed by atoms with Gasteiger partial charge < -0.3 is 15.0 Å². The van der Waals surface area contributed by atoms with Crippen LogP contribution in [0.15, 0.2) is 48.5 Å². The molecule has 0 unspecified atom stereocenters. The lowest BCUT2D eigenvalue weighted by molar-refractivity contribution is 0.155. The maximum Gasteiger partial charge on any atom is 0.411 e. The molecular weight excluding hydrogens is 309 g/mol. The van der Waals surface area contributed by atoms with Crippen molar-refractivity contribution >= 4 is 17.5 Å². The van der Waals surface area contributed by atoms with E-state index in [0.29, 0.717) is 11.4 Å². The highest BCUT2D eigenvalue weighted by atomic mass is 19.1. The minimum absolute atomic E-state index is 0.175. The SMILES string of the molecule is O=C(Nc1ccc(N2CCNCC2)c(F)c1)OCc1ccccc1. The lowest BCUT2D eigenvalue weighted by Crippen LogP contribution is -2.43. The maximum absolute atomic E-state index is 14.3. The molecule has 126 valence electrons. The Hall–Kier alpha value is -2.60. The Morgan fingerprint density at radius 2 is 1.92 bits per heavy atom.